The molecule has 1 aromatic heterocycles. The lowest BCUT2D eigenvalue weighted by Crippen LogP contribution is -2.33. The number of carboxylic acids is 1. The lowest BCUT2D eigenvalue weighted by atomic mass is 9.89. The molecule has 0 bridgehead atoms. The fraction of sp³-hybridized carbons (Fsp3) is 0.500. The van der Waals surface area contributed by atoms with E-state index in [0.29, 0.717) is 5.69 Å². The summed E-state index contributed by atoms with van der Waals surface area (Å²) in [6.07, 6.45) is -0.100. The first-order valence-corrected chi connectivity index (χ1v) is 5.86. The maximum absolute atomic E-state index is 11.5. The Morgan fingerprint density at radius 3 is 2.65 bits per heavy atom. The number of aromatic nitrogens is 1. The van der Waals surface area contributed by atoms with Gasteiger partial charge in [0.1, 0.15) is 0 Å². The molecule has 1 amide bonds. The first-order valence-electron chi connectivity index (χ1n) is 4.98. The number of thiazole rings is 1. The minimum Gasteiger partial charge on any atom is -0.481 e. The van der Waals surface area contributed by atoms with Crippen molar-refractivity contribution >= 4 is 23.2 Å². The Kier molecular flexibility index (Phi) is 4.06. The third-order valence-electron chi connectivity index (χ3n) is 2.23. The van der Waals surface area contributed by atoms with Gasteiger partial charge in [0.05, 0.1) is 12.0 Å². The molecule has 1 heterocycles. The van der Waals surface area contributed by atoms with Crippen LogP contribution < -0.4 is 10.2 Å². The van der Waals surface area contributed by atoms with Crippen molar-refractivity contribution in [2.75, 3.05) is 0 Å². The van der Waals surface area contributed by atoms with Gasteiger partial charge in [0.2, 0.25) is 5.91 Å². The number of carboxylic acid groups (broad SMARTS) is 1. The number of carbonyl (C=O) groups is 2. The summed E-state index contributed by atoms with van der Waals surface area (Å²) in [6.45, 7) is 3.18. The summed E-state index contributed by atoms with van der Waals surface area (Å²) in [5.41, 5.74) is -0.479. The van der Waals surface area contributed by atoms with E-state index in [9.17, 15) is 14.4 Å². The fourth-order valence-electron chi connectivity index (χ4n) is 1.13. The molecule has 1 aromatic rings. The lowest BCUT2D eigenvalue weighted by Gasteiger charge is -2.17. The number of carbonyl (C=O) groups excluding carboxylic acids is 1. The van der Waals surface area contributed by atoms with Crippen molar-refractivity contribution in [3.8, 4) is 0 Å². The van der Waals surface area contributed by atoms with Gasteiger partial charge in [0, 0.05) is 17.5 Å². The second-order valence-corrected chi connectivity index (χ2v) is 5.16. The molecule has 0 aliphatic heterocycles. The van der Waals surface area contributed by atoms with Gasteiger partial charge in [0.25, 0.3) is 0 Å². The molecule has 0 aliphatic carbocycles. The van der Waals surface area contributed by atoms with Crippen LogP contribution in [0.25, 0.3) is 0 Å². The number of aliphatic carboxylic acids is 1. The molecule has 0 fully saturated rings. The zero-order chi connectivity index (χ0) is 13.1. The Balaban J connectivity index is 2.46. The summed E-state index contributed by atoms with van der Waals surface area (Å²) in [5, 5.41) is 13.0. The van der Waals surface area contributed by atoms with Gasteiger partial charge >= 0.3 is 10.8 Å². The van der Waals surface area contributed by atoms with Crippen molar-refractivity contribution in [3.63, 3.8) is 0 Å². The topological polar surface area (TPSA) is 99.3 Å². The average Bonchev–Trinajstić information content (AvgIpc) is 2.60. The minimum absolute atomic E-state index is 0.100. The maximum Gasteiger partial charge on any atom is 0.309 e. The monoisotopic (exact) mass is 258 g/mol. The van der Waals surface area contributed by atoms with Crippen LogP contribution in [0.15, 0.2) is 10.2 Å². The number of hydrogen-bond donors (Lipinski definition) is 3. The Labute approximate surface area is 102 Å². The molecule has 0 aromatic carbocycles. The zero-order valence-electron chi connectivity index (χ0n) is 9.57. The van der Waals surface area contributed by atoms with E-state index in [1.807, 2.05) is 0 Å². The minimum atomic E-state index is -1.09. The first kappa shape index (κ1) is 13.4. The van der Waals surface area contributed by atoms with Gasteiger partial charge in [-0.25, -0.2) is 0 Å². The molecule has 6 nitrogen and oxygen atoms in total. The highest BCUT2D eigenvalue weighted by atomic mass is 32.1. The molecule has 1 rings (SSSR count). The summed E-state index contributed by atoms with van der Waals surface area (Å²) in [6, 6.07) is 0. The molecule has 0 radical (unpaired) electrons. The molecule has 7 heteroatoms. The lowest BCUT2D eigenvalue weighted by molar-refractivity contribution is -0.149. The SMILES string of the molecule is CC(C)(CC(=O)NCc1csc(=O)[nH]1)C(=O)O. The Morgan fingerprint density at radius 1 is 1.53 bits per heavy atom. The van der Waals surface area contributed by atoms with Crippen molar-refractivity contribution in [1.29, 1.82) is 0 Å². The maximum atomic E-state index is 11.5. The summed E-state index contributed by atoms with van der Waals surface area (Å²) in [5.74, 6) is -1.37. The number of hydrogen-bond acceptors (Lipinski definition) is 4. The second-order valence-electron chi connectivity index (χ2n) is 4.32. The second kappa shape index (κ2) is 5.13. The molecular formula is C10H14N2O4S. The van der Waals surface area contributed by atoms with Crippen LogP contribution in [0.3, 0.4) is 0 Å². The Morgan fingerprint density at radius 2 is 2.18 bits per heavy atom. The average molecular weight is 258 g/mol. The summed E-state index contributed by atoms with van der Waals surface area (Å²) < 4.78 is 0. The molecule has 0 aliphatic rings. The standard InChI is InChI=1S/C10H14N2O4S/c1-10(2,8(14)15)3-7(13)11-4-6-5-17-9(16)12-6/h5H,3-4H2,1-2H3,(H,11,13)(H,12,16)(H,14,15). The van der Waals surface area contributed by atoms with Gasteiger partial charge in [-0.1, -0.05) is 11.3 Å². The molecule has 3 N–H and O–H groups in total. The fourth-order valence-corrected chi connectivity index (χ4v) is 1.72. The van der Waals surface area contributed by atoms with Gasteiger partial charge in [-0.2, -0.15) is 0 Å². The van der Waals surface area contributed by atoms with Crippen LogP contribution in [-0.4, -0.2) is 22.0 Å². The predicted octanol–water partition coefficient (Wildman–Crippen LogP) is 0.553. The van der Waals surface area contributed by atoms with Crippen molar-refractivity contribution in [1.82, 2.24) is 10.3 Å². The summed E-state index contributed by atoms with van der Waals surface area (Å²) in [7, 11) is 0. The van der Waals surface area contributed by atoms with Crippen molar-refractivity contribution in [2.24, 2.45) is 5.41 Å². The highest BCUT2D eigenvalue weighted by Crippen LogP contribution is 2.19. The number of amides is 1. The van der Waals surface area contributed by atoms with Crippen LogP contribution in [0.4, 0.5) is 0 Å². The van der Waals surface area contributed by atoms with Crippen LogP contribution in [0.1, 0.15) is 26.0 Å². The highest BCUT2D eigenvalue weighted by Gasteiger charge is 2.29. The predicted molar refractivity (Wildman–Crippen MR) is 62.8 cm³/mol. The molecule has 0 spiro atoms. The van der Waals surface area contributed by atoms with Crippen LogP contribution in [0.2, 0.25) is 0 Å². The third kappa shape index (κ3) is 4.03. The molecule has 0 unspecified atom stereocenters. The van der Waals surface area contributed by atoms with Gasteiger partial charge in [-0.15, -0.1) is 0 Å². The quantitative estimate of drug-likeness (QED) is 0.718. The van der Waals surface area contributed by atoms with E-state index < -0.39 is 11.4 Å². The summed E-state index contributed by atoms with van der Waals surface area (Å²) >= 11 is 1.02. The smallest absolute Gasteiger partial charge is 0.309 e. The van der Waals surface area contributed by atoms with Crippen molar-refractivity contribution < 1.29 is 14.7 Å². The van der Waals surface area contributed by atoms with Gasteiger partial charge in [-0.3, -0.25) is 14.4 Å². The van der Waals surface area contributed by atoms with Crippen LogP contribution >= 0.6 is 11.3 Å². The van der Waals surface area contributed by atoms with E-state index in [2.05, 4.69) is 10.3 Å². The van der Waals surface area contributed by atoms with Gasteiger partial charge in [-0.05, 0) is 13.8 Å². The van der Waals surface area contributed by atoms with Crippen molar-refractivity contribution in [2.45, 2.75) is 26.8 Å². The normalized spacial score (nSPS) is 11.2. The molecule has 0 atom stereocenters. The third-order valence-corrected chi connectivity index (χ3v) is 2.95. The van der Waals surface area contributed by atoms with E-state index in [0.717, 1.165) is 11.3 Å². The van der Waals surface area contributed by atoms with Crippen molar-refractivity contribution in [3.05, 3.63) is 20.7 Å². The van der Waals surface area contributed by atoms with Crippen LogP contribution in [0.5, 0.6) is 0 Å². The van der Waals surface area contributed by atoms with E-state index in [4.69, 9.17) is 5.11 Å². The van der Waals surface area contributed by atoms with E-state index in [-0.39, 0.29) is 23.7 Å². The molecule has 17 heavy (non-hydrogen) atoms. The van der Waals surface area contributed by atoms with E-state index in [1.54, 1.807) is 5.38 Å². The molecule has 94 valence electrons. The molecule has 0 saturated carbocycles. The Hall–Kier alpha value is -1.63. The van der Waals surface area contributed by atoms with Crippen LogP contribution in [-0.2, 0) is 16.1 Å². The Bertz CT molecular complexity index is 475. The van der Waals surface area contributed by atoms with Crippen LogP contribution in [0, 0.1) is 5.41 Å². The first-order chi connectivity index (χ1) is 7.81. The number of nitrogens with one attached hydrogen (secondary N) is 2. The highest BCUT2D eigenvalue weighted by molar-refractivity contribution is 7.07. The van der Waals surface area contributed by atoms with Gasteiger partial charge < -0.3 is 15.4 Å². The largest absolute Gasteiger partial charge is 0.481 e. The van der Waals surface area contributed by atoms with Gasteiger partial charge in [0.15, 0.2) is 0 Å². The molecule has 0 saturated heterocycles. The number of H-pyrrole nitrogens is 1. The summed E-state index contributed by atoms with van der Waals surface area (Å²) in [4.78, 5) is 35.5. The molecular weight excluding hydrogens is 244 g/mol. The van der Waals surface area contributed by atoms with E-state index >= 15 is 0 Å². The van der Waals surface area contributed by atoms with E-state index in [1.165, 1.54) is 13.8 Å². The number of aromatic amines is 1. The number of rotatable bonds is 5. The zero-order valence-corrected chi connectivity index (χ0v) is 10.4.